The van der Waals surface area contributed by atoms with E-state index in [1.54, 1.807) is 11.1 Å². The molecule has 0 radical (unpaired) electrons. The van der Waals surface area contributed by atoms with Gasteiger partial charge in [-0.05, 0) is 92.4 Å². The second kappa shape index (κ2) is 13.8. The first kappa shape index (κ1) is 27.5. The Balaban J connectivity index is 1.40. The maximum Gasteiger partial charge on any atom is 0.0482 e. The van der Waals surface area contributed by atoms with Crippen LogP contribution < -0.4 is 0 Å². The van der Waals surface area contributed by atoms with Crippen molar-refractivity contribution in [2.24, 2.45) is 22.2 Å². The van der Waals surface area contributed by atoms with E-state index < -0.39 is 0 Å². The van der Waals surface area contributed by atoms with Crippen molar-refractivity contribution in [3.63, 3.8) is 0 Å². The molecule has 5 rings (SSSR count). The summed E-state index contributed by atoms with van der Waals surface area (Å²) in [5.74, 6) is 2.00. The predicted molar refractivity (Wildman–Crippen MR) is 161 cm³/mol. The van der Waals surface area contributed by atoms with Gasteiger partial charge < -0.3 is 0 Å². The Bertz CT molecular complexity index is 835. The van der Waals surface area contributed by atoms with Crippen molar-refractivity contribution in [1.82, 2.24) is 0 Å². The minimum absolute atomic E-state index is 0.266. The number of nitrogens with zero attached hydrogens (tertiary/aromatic N) is 1. The highest BCUT2D eigenvalue weighted by Gasteiger charge is 2.39. The molecule has 1 unspecified atom stereocenters. The first-order valence-corrected chi connectivity index (χ1v) is 16.8. The average molecular weight is 504 g/mol. The van der Waals surface area contributed by atoms with Gasteiger partial charge in [-0.1, -0.05) is 121 Å². The van der Waals surface area contributed by atoms with Gasteiger partial charge in [0.05, 0.1) is 0 Å². The molecule has 0 amide bonds. The summed E-state index contributed by atoms with van der Waals surface area (Å²) in [5, 5.41) is 0. The van der Waals surface area contributed by atoms with Gasteiger partial charge in [0, 0.05) is 12.0 Å². The summed E-state index contributed by atoms with van der Waals surface area (Å²) in [7, 11) is 0. The maximum absolute atomic E-state index is 5.25. The quantitative estimate of drug-likeness (QED) is 0.380. The van der Waals surface area contributed by atoms with Crippen LogP contribution in [0.15, 0.2) is 29.3 Å². The summed E-state index contributed by atoms with van der Waals surface area (Å²) in [4.78, 5) is 5.25. The molecule has 2 bridgehead atoms. The van der Waals surface area contributed by atoms with Gasteiger partial charge in [-0.3, -0.25) is 4.99 Å². The lowest BCUT2D eigenvalue weighted by Crippen LogP contribution is -2.37. The van der Waals surface area contributed by atoms with Crippen LogP contribution in [0.5, 0.6) is 0 Å². The number of hydrogen-bond acceptors (Lipinski definition) is 1. The van der Waals surface area contributed by atoms with Crippen molar-refractivity contribution in [2.75, 3.05) is 6.54 Å². The summed E-state index contributed by atoms with van der Waals surface area (Å²) in [5.41, 5.74) is 4.12. The Morgan fingerprint density at radius 1 is 0.622 bits per heavy atom. The highest BCUT2D eigenvalue weighted by Crippen LogP contribution is 2.48. The van der Waals surface area contributed by atoms with E-state index >= 15 is 0 Å². The molecule has 1 aliphatic heterocycles. The molecule has 206 valence electrons. The first-order valence-electron chi connectivity index (χ1n) is 16.8. The van der Waals surface area contributed by atoms with E-state index in [1.165, 1.54) is 154 Å². The first-order chi connectivity index (χ1) is 18.3. The Labute approximate surface area is 229 Å². The molecule has 2 fully saturated rings. The van der Waals surface area contributed by atoms with Crippen LogP contribution in [0.1, 0.15) is 159 Å². The molecular weight excluding hydrogens is 446 g/mol. The zero-order valence-corrected chi connectivity index (χ0v) is 24.2. The molecule has 0 N–H and O–H groups in total. The van der Waals surface area contributed by atoms with E-state index in [0.29, 0.717) is 5.41 Å². The smallest absolute Gasteiger partial charge is 0.0482 e. The zero-order valence-electron chi connectivity index (χ0n) is 24.2. The maximum atomic E-state index is 5.25. The number of aliphatic imine (C=N–C) groups is 1. The average Bonchev–Trinajstić information content (AvgIpc) is 2.91. The number of fused-ring (bicyclic) bond motifs is 1. The van der Waals surface area contributed by atoms with E-state index in [0.717, 1.165) is 18.4 Å². The monoisotopic (exact) mass is 503 g/mol. The van der Waals surface area contributed by atoms with Crippen molar-refractivity contribution >= 4 is 6.21 Å². The van der Waals surface area contributed by atoms with E-state index in [-0.39, 0.29) is 5.41 Å². The Kier molecular flexibility index (Phi) is 10.2. The third kappa shape index (κ3) is 7.51. The van der Waals surface area contributed by atoms with Crippen LogP contribution in [-0.4, -0.2) is 12.8 Å². The third-order valence-electron chi connectivity index (χ3n) is 11.4. The predicted octanol–water partition coefficient (Wildman–Crippen LogP) is 10.8. The summed E-state index contributed by atoms with van der Waals surface area (Å²) in [6.45, 7) is 1.04. The molecule has 0 spiro atoms. The van der Waals surface area contributed by atoms with Crippen LogP contribution in [-0.2, 0) is 11.8 Å². The topological polar surface area (TPSA) is 12.4 Å². The van der Waals surface area contributed by atoms with Gasteiger partial charge in [0.15, 0.2) is 0 Å². The standard InChI is InChI=1S/C36H57N/c1-2-4-12-22-35-23-13-11-20-33-19-9-10-21-34(33)36(26-25-35,30-37-28-27-35)24-14-18-32(15-6-3-1)29-31-16-7-5-8-17-31/h9-10,19,21,28,31-32H,1-8,11-18,20,22-27,29-30H2/b37-28+/t32?,35-,36+/m1/s1. The van der Waals surface area contributed by atoms with Crippen LogP contribution in [0.3, 0.4) is 0 Å². The molecule has 4 aliphatic rings. The van der Waals surface area contributed by atoms with Gasteiger partial charge in [-0.15, -0.1) is 0 Å². The van der Waals surface area contributed by atoms with Gasteiger partial charge in [-0.25, -0.2) is 0 Å². The van der Waals surface area contributed by atoms with Crippen molar-refractivity contribution < 1.29 is 0 Å². The molecule has 1 aromatic carbocycles. The zero-order chi connectivity index (χ0) is 25.2. The molecule has 0 saturated heterocycles. The van der Waals surface area contributed by atoms with E-state index in [1.807, 2.05) is 0 Å². The molecule has 3 aliphatic carbocycles. The number of aryl methyl sites for hydroxylation is 1. The lowest BCUT2D eigenvalue weighted by atomic mass is 9.63. The van der Waals surface area contributed by atoms with Crippen LogP contribution >= 0.6 is 0 Å². The summed E-state index contributed by atoms with van der Waals surface area (Å²) in [6.07, 6.45) is 37.0. The highest BCUT2D eigenvalue weighted by atomic mass is 14.7. The molecular formula is C36H57N. The molecule has 1 heteroatoms. The lowest BCUT2D eigenvalue weighted by molar-refractivity contribution is 0.172. The lowest BCUT2D eigenvalue weighted by Gasteiger charge is -2.43. The van der Waals surface area contributed by atoms with E-state index in [2.05, 4.69) is 30.5 Å². The van der Waals surface area contributed by atoms with Crippen LogP contribution in [0.4, 0.5) is 0 Å². The Morgan fingerprint density at radius 3 is 2.08 bits per heavy atom. The molecule has 3 atom stereocenters. The van der Waals surface area contributed by atoms with Crippen molar-refractivity contribution in [2.45, 2.75) is 160 Å². The third-order valence-corrected chi connectivity index (χ3v) is 11.4. The summed E-state index contributed by atoms with van der Waals surface area (Å²) < 4.78 is 0. The summed E-state index contributed by atoms with van der Waals surface area (Å²) >= 11 is 0. The fraction of sp³-hybridized carbons (Fsp3) is 0.806. The SMILES string of the molecule is C1=N/C[C@@]23CCCC(CC4CCCCC4)CCCCCCCC[C@@](C/1)(CCCCc1ccccc12)CC3. The van der Waals surface area contributed by atoms with Crippen LogP contribution in [0, 0.1) is 17.3 Å². The van der Waals surface area contributed by atoms with Gasteiger partial charge in [0.2, 0.25) is 0 Å². The molecule has 37 heavy (non-hydrogen) atoms. The van der Waals surface area contributed by atoms with Crippen LogP contribution in [0.25, 0.3) is 0 Å². The second-order valence-corrected chi connectivity index (χ2v) is 14.0. The van der Waals surface area contributed by atoms with E-state index in [9.17, 15) is 0 Å². The molecule has 1 heterocycles. The minimum atomic E-state index is 0.266. The fourth-order valence-electron chi connectivity index (χ4n) is 9.04. The largest absolute Gasteiger partial charge is 0.297 e. The number of benzene rings is 1. The summed E-state index contributed by atoms with van der Waals surface area (Å²) in [6, 6.07) is 9.62. The number of hydrogen-bond donors (Lipinski definition) is 0. The Hall–Kier alpha value is -1.11. The minimum Gasteiger partial charge on any atom is -0.297 e. The normalized spacial score (nSPS) is 34.2. The fourth-order valence-corrected chi connectivity index (χ4v) is 9.04. The molecule has 2 saturated carbocycles. The van der Waals surface area contributed by atoms with Gasteiger partial charge in [-0.2, -0.15) is 0 Å². The van der Waals surface area contributed by atoms with Gasteiger partial charge in [0.1, 0.15) is 0 Å². The number of rotatable bonds is 2. The Morgan fingerprint density at radius 2 is 1.27 bits per heavy atom. The highest BCUT2D eigenvalue weighted by molar-refractivity contribution is 5.59. The molecule has 1 nitrogen and oxygen atoms in total. The van der Waals surface area contributed by atoms with E-state index in [4.69, 9.17) is 4.99 Å². The van der Waals surface area contributed by atoms with Gasteiger partial charge in [0.25, 0.3) is 0 Å². The molecule has 1 aromatic rings. The van der Waals surface area contributed by atoms with Crippen molar-refractivity contribution in [3.8, 4) is 0 Å². The second-order valence-electron chi connectivity index (χ2n) is 14.0. The van der Waals surface area contributed by atoms with Crippen LogP contribution in [0.2, 0.25) is 0 Å². The molecule has 0 aromatic heterocycles. The van der Waals surface area contributed by atoms with Gasteiger partial charge >= 0.3 is 0 Å². The van der Waals surface area contributed by atoms with Crippen molar-refractivity contribution in [1.29, 1.82) is 0 Å². The van der Waals surface area contributed by atoms with Crippen molar-refractivity contribution in [3.05, 3.63) is 35.4 Å².